The van der Waals surface area contributed by atoms with E-state index in [0.29, 0.717) is 24.8 Å². The molecule has 0 saturated heterocycles. The molecule has 1 heterocycles. The highest BCUT2D eigenvalue weighted by atomic mass is 32.2. The summed E-state index contributed by atoms with van der Waals surface area (Å²) < 4.78 is 11.5. The molecular formula is C14H18N3O3S+. The molecule has 1 amide bonds. The lowest BCUT2D eigenvalue weighted by Gasteiger charge is -2.01. The van der Waals surface area contributed by atoms with Crippen LogP contribution < -0.4 is 10.00 Å². The summed E-state index contributed by atoms with van der Waals surface area (Å²) in [4.78, 5) is 12.9. The number of aromatic nitrogens is 2. The average molecular weight is 308 g/mol. The van der Waals surface area contributed by atoms with E-state index in [-0.39, 0.29) is 5.91 Å². The molecule has 7 heteroatoms. The maximum Gasteiger partial charge on any atom is 0.302 e. The van der Waals surface area contributed by atoms with E-state index in [9.17, 15) is 4.79 Å². The highest BCUT2D eigenvalue weighted by Crippen LogP contribution is 2.18. The normalized spacial score (nSPS) is 10.6. The van der Waals surface area contributed by atoms with E-state index in [1.54, 1.807) is 18.0 Å². The Bertz CT molecular complexity index is 583. The molecule has 0 fully saturated rings. The molecule has 0 radical (unpaired) electrons. The standard InChI is InChI=1S/C14H17N3O3S/c1-11-3-5-12(6-4-11)21-10-13(18)15-14-9-17(16-20-14)7-8-19-2/h3-6,9H,7-8,10H2,1-2H3/p+1. The van der Waals surface area contributed by atoms with Crippen LogP contribution in [0.5, 0.6) is 0 Å². The van der Waals surface area contributed by atoms with Crippen molar-refractivity contribution in [3.8, 4) is 0 Å². The van der Waals surface area contributed by atoms with Crippen molar-refractivity contribution in [1.82, 2.24) is 5.27 Å². The Balaban J connectivity index is 1.78. The van der Waals surface area contributed by atoms with Crippen LogP contribution in [0.2, 0.25) is 0 Å². The van der Waals surface area contributed by atoms with Gasteiger partial charge in [-0.25, -0.2) is 0 Å². The number of hydrogen-bond acceptors (Lipinski definition) is 5. The van der Waals surface area contributed by atoms with E-state index >= 15 is 0 Å². The third kappa shape index (κ3) is 5.20. The first-order chi connectivity index (χ1) is 10.2. The van der Waals surface area contributed by atoms with E-state index in [1.165, 1.54) is 17.3 Å². The zero-order valence-corrected chi connectivity index (χ0v) is 12.9. The Morgan fingerprint density at radius 1 is 1.43 bits per heavy atom. The van der Waals surface area contributed by atoms with Crippen LogP contribution in [0.15, 0.2) is 39.9 Å². The topological polar surface area (TPSA) is 68.2 Å². The second-order valence-corrected chi connectivity index (χ2v) is 5.52. The summed E-state index contributed by atoms with van der Waals surface area (Å²) in [6, 6.07) is 8.05. The van der Waals surface area contributed by atoms with Gasteiger partial charge in [0.15, 0.2) is 0 Å². The molecule has 0 aliphatic rings. The lowest BCUT2D eigenvalue weighted by Crippen LogP contribution is -2.36. The molecule has 21 heavy (non-hydrogen) atoms. The highest BCUT2D eigenvalue weighted by Gasteiger charge is 2.13. The second-order valence-electron chi connectivity index (χ2n) is 4.47. The summed E-state index contributed by atoms with van der Waals surface area (Å²) in [6.07, 6.45) is 1.63. The smallest absolute Gasteiger partial charge is 0.302 e. The Labute approximate surface area is 127 Å². The van der Waals surface area contributed by atoms with Crippen molar-refractivity contribution in [3.05, 3.63) is 36.0 Å². The van der Waals surface area contributed by atoms with Crippen LogP contribution in [0.25, 0.3) is 0 Å². The van der Waals surface area contributed by atoms with Crippen molar-refractivity contribution in [2.45, 2.75) is 18.4 Å². The molecular weight excluding hydrogens is 290 g/mol. The number of methoxy groups -OCH3 is 1. The molecule has 2 rings (SSSR count). The Hall–Kier alpha value is -1.86. The van der Waals surface area contributed by atoms with Crippen LogP contribution in [-0.4, -0.2) is 30.6 Å². The lowest BCUT2D eigenvalue weighted by atomic mass is 10.2. The Kier molecular flexibility index (Phi) is 5.77. The highest BCUT2D eigenvalue weighted by molar-refractivity contribution is 8.00. The molecule has 6 nitrogen and oxygen atoms in total. The number of ether oxygens (including phenoxy) is 1. The van der Waals surface area contributed by atoms with Gasteiger partial charge in [-0.1, -0.05) is 17.7 Å². The van der Waals surface area contributed by atoms with Gasteiger partial charge >= 0.3 is 5.88 Å². The number of nitrogens with one attached hydrogen (secondary N) is 1. The number of carbonyl (C=O) groups excluding carboxylic acids is 1. The first-order valence-corrected chi connectivity index (χ1v) is 7.50. The van der Waals surface area contributed by atoms with Crippen LogP contribution in [0.1, 0.15) is 5.56 Å². The number of hydrogen-bond donors (Lipinski definition) is 1. The van der Waals surface area contributed by atoms with Gasteiger partial charge in [0.05, 0.1) is 5.75 Å². The number of carbonyl (C=O) groups is 1. The van der Waals surface area contributed by atoms with Gasteiger partial charge in [0, 0.05) is 12.0 Å². The van der Waals surface area contributed by atoms with Gasteiger partial charge in [-0.3, -0.25) is 14.6 Å². The first-order valence-electron chi connectivity index (χ1n) is 6.52. The molecule has 2 aromatic rings. The molecule has 0 unspecified atom stereocenters. The summed E-state index contributed by atoms with van der Waals surface area (Å²) in [5, 5.41) is 6.44. The van der Waals surface area contributed by atoms with Crippen molar-refractivity contribution in [3.63, 3.8) is 0 Å². The summed E-state index contributed by atoms with van der Waals surface area (Å²) in [6.45, 7) is 3.14. The van der Waals surface area contributed by atoms with Crippen molar-refractivity contribution in [2.24, 2.45) is 0 Å². The molecule has 112 valence electrons. The van der Waals surface area contributed by atoms with Gasteiger partial charge in [-0.15, -0.1) is 11.8 Å². The second kappa shape index (κ2) is 7.80. The minimum atomic E-state index is -0.129. The molecule has 0 atom stereocenters. The van der Waals surface area contributed by atoms with Crippen LogP contribution in [0.4, 0.5) is 5.88 Å². The van der Waals surface area contributed by atoms with Gasteiger partial charge in [0.2, 0.25) is 17.7 Å². The maximum atomic E-state index is 11.8. The third-order valence-corrected chi connectivity index (χ3v) is 3.70. The number of anilines is 1. The fourth-order valence-electron chi connectivity index (χ4n) is 1.58. The minimum absolute atomic E-state index is 0.129. The van der Waals surface area contributed by atoms with E-state index in [2.05, 4.69) is 10.6 Å². The summed E-state index contributed by atoms with van der Waals surface area (Å²) in [5.74, 6) is 0.526. The lowest BCUT2D eigenvalue weighted by molar-refractivity contribution is -0.763. The maximum absolute atomic E-state index is 11.8. The van der Waals surface area contributed by atoms with E-state index in [1.807, 2.05) is 31.2 Å². The van der Waals surface area contributed by atoms with Crippen LogP contribution in [-0.2, 0) is 16.1 Å². The number of benzene rings is 1. The van der Waals surface area contributed by atoms with Crippen LogP contribution in [0, 0.1) is 6.92 Å². The quantitative estimate of drug-likeness (QED) is 0.622. The minimum Gasteiger partial charge on any atom is -0.378 e. The van der Waals surface area contributed by atoms with Gasteiger partial charge in [-0.2, -0.15) is 0 Å². The number of rotatable bonds is 7. The third-order valence-electron chi connectivity index (χ3n) is 2.69. The molecule has 0 aliphatic heterocycles. The van der Waals surface area contributed by atoms with Crippen molar-refractivity contribution in [1.29, 1.82) is 0 Å². The Morgan fingerprint density at radius 2 is 2.19 bits per heavy atom. The van der Waals surface area contributed by atoms with Gasteiger partial charge in [-0.05, 0) is 23.7 Å². The summed E-state index contributed by atoms with van der Waals surface area (Å²) in [5.41, 5.74) is 1.20. The summed E-state index contributed by atoms with van der Waals surface area (Å²) >= 11 is 1.48. The van der Waals surface area contributed by atoms with Crippen LogP contribution in [0.3, 0.4) is 0 Å². The zero-order valence-electron chi connectivity index (χ0n) is 12.0. The number of thioether (sulfide) groups is 1. The largest absolute Gasteiger partial charge is 0.378 e. The molecule has 0 saturated carbocycles. The van der Waals surface area contributed by atoms with Crippen LogP contribution >= 0.6 is 11.8 Å². The average Bonchev–Trinajstić information content (AvgIpc) is 2.92. The molecule has 0 aliphatic carbocycles. The fraction of sp³-hybridized carbons (Fsp3) is 0.357. The molecule has 1 aromatic heterocycles. The number of amides is 1. The van der Waals surface area contributed by atoms with E-state index in [0.717, 1.165) is 4.90 Å². The zero-order chi connectivity index (χ0) is 15.1. The number of nitrogens with zero attached hydrogens (tertiary/aromatic N) is 2. The molecule has 0 spiro atoms. The Morgan fingerprint density at radius 3 is 2.90 bits per heavy atom. The SMILES string of the molecule is COCC[n+]1cc(NC(=O)CSc2ccc(C)cc2)on1. The van der Waals surface area contributed by atoms with Gasteiger partial charge < -0.3 is 4.74 Å². The fourth-order valence-corrected chi connectivity index (χ4v) is 2.28. The monoisotopic (exact) mass is 308 g/mol. The predicted molar refractivity (Wildman–Crippen MR) is 79.1 cm³/mol. The van der Waals surface area contributed by atoms with Crippen molar-refractivity contribution < 1.29 is 18.7 Å². The molecule has 1 aromatic carbocycles. The number of aryl methyl sites for hydroxylation is 1. The van der Waals surface area contributed by atoms with Gasteiger partial charge in [0.1, 0.15) is 6.61 Å². The first kappa shape index (κ1) is 15.5. The summed E-state index contributed by atoms with van der Waals surface area (Å²) in [7, 11) is 1.62. The van der Waals surface area contributed by atoms with Crippen molar-refractivity contribution >= 4 is 23.6 Å². The predicted octanol–water partition coefficient (Wildman–Crippen LogP) is 1.65. The molecule has 1 N–H and O–H groups in total. The van der Waals surface area contributed by atoms with E-state index in [4.69, 9.17) is 9.26 Å². The van der Waals surface area contributed by atoms with E-state index < -0.39 is 0 Å². The molecule has 0 bridgehead atoms. The van der Waals surface area contributed by atoms with Crippen molar-refractivity contribution in [2.75, 3.05) is 24.8 Å². The van der Waals surface area contributed by atoms with Gasteiger partial charge in [0.25, 0.3) is 6.20 Å².